The van der Waals surface area contributed by atoms with Crippen molar-refractivity contribution in [3.63, 3.8) is 0 Å². The molecule has 24 heavy (non-hydrogen) atoms. The molecule has 6 heteroatoms. The number of rotatable bonds is 5. The van der Waals surface area contributed by atoms with Gasteiger partial charge in [-0.2, -0.15) is 5.10 Å². The first-order valence-corrected chi connectivity index (χ1v) is 8.52. The molecule has 2 heterocycles. The number of carbonyl (C=O) groups is 1. The Morgan fingerprint density at radius 1 is 1.46 bits per heavy atom. The Bertz CT molecular complexity index is 729. The van der Waals surface area contributed by atoms with E-state index >= 15 is 0 Å². The molecule has 1 fully saturated rings. The molecule has 128 valence electrons. The van der Waals surface area contributed by atoms with Gasteiger partial charge in [-0.15, -0.1) is 0 Å². The highest BCUT2D eigenvalue weighted by atomic mass is 35.5. The third-order valence-corrected chi connectivity index (χ3v) is 4.70. The van der Waals surface area contributed by atoms with Gasteiger partial charge in [0, 0.05) is 42.8 Å². The lowest BCUT2D eigenvalue weighted by Crippen LogP contribution is -2.38. The second-order valence-corrected chi connectivity index (χ2v) is 6.74. The maximum atomic E-state index is 13.0. The molecule has 5 nitrogen and oxygen atoms in total. The minimum Gasteiger partial charge on any atom is -0.496 e. The van der Waals surface area contributed by atoms with E-state index in [1.54, 1.807) is 30.0 Å². The number of halogens is 1. The third-order valence-electron chi connectivity index (χ3n) is 4.47. The molecule has 1 atom stereocenters. The van der Waals surface area contributed by atoms with E-state index in [1.165, 1.54) is 5.56 Å². The Labute approximate surface area is 147 Å². The van der Waals surface area contributed by atoms with Crippen molar-refractivity contribution < 1.29 is 9.53 Å². The summed E-state index contributed by atoms with van der Waals surface area (Å²) in [4.78, 5) is 15.3. The molecule has 0 aliphatic carbocycles. The summed E-state index contributed by atoms with van der Waals surface area (Å²) in [6.07, 6.45) is 5.81. The lowest BCUT2D eigenvalue weighted by atomic mass is 9.89. The van der Waals surface area contributed by atoms with Crippen molar-refractivity contribution in [1.82, 2.24) is 14.7 Å². The summed E-state index contributed by atoms with van der Waals surface area (Å²) >= 11 is 6.07. The van der Waals surface area contributed by atoms with E-state index in [9.17, 15) is 4.79 Å². The van der Waals surface area contributed by atoms with Crippen LogP contribution in [0.2, 0.25) is 5.02 Å². The zero-order valence-electron chi connectivity index (χ0n) is 14.0. The summed E-state index contributed by atoms with van der Waals surface area (Å²) in [6, 6.07) is 5.21. The fourth-order valence-electron chi connectivity index (χ4n) is 3.32. The van der Waals surface area contributed by atoms with Crippen molar-refractivity contribution in [3.8, 4) is 5.75 Å². The van der Waals surface area contributed by atoms with E-state index in [4.69, 9.17) is 16.3 Å². The smallest absolute Gasteiger partial charge is 0.170 e. The molecule has 0 spiro atoms. The van der Waals surface area contributed by atoms with Crippen molar-refractivity contribution in [1.29, 1.82) is 0 Å². The zero-order valence-corrected chi connectivity index (χ0v) is 14.8. The molecule has 0 bridgehead atoms. The molecule has 1 unspecified atom stereocenters. The average molecular weight is 348 g/mol. The fourth-order valence-corrected chi connectivity index (χ4v) is 3.49. The van der Waals surface area contributed by atoms with Gasteiger partial charge < -0.3 is 4.74 Å². The van der Waals surface area contributed by atoms with Gasteiger partial charge in [0.2, 0.25) is 0 Å². The number of aromatic nitrogens is 2. The van der Waals surface area contributed by atoms with Gasteiger partial charge in [0.25, 0.3) is 0 Å². The Kier molecular flexibility index (Phi) is 5.21. The van der Waals surface area contributed by atoms with Crippen LogP contribution in [-0.2, 0) is 13.6 Å². The Balaban J connectivity index is 1.72. The van der Waals surface area contributed by atoms with Crippen LogP contribution in [0.4, 0.5) is 0 Å². The first-order chi connectivity index (χ1) is 11.6. The predicted molar refractivity (Wildman–Crippen MR) is 93.5 cm³/mol. The Hall–Kier alpha value is -1.85. The van der Waals surface area contributed by atoms with Crippen LogP contribution >= 0.6 is 11.6 Å². The van der Waals surface area contributed by atoms with Crippen LogP contribution in [0.3, 0.4) is 0 Å². The van der Waals surface area contributed by atoms with Gasteiger partial charge >= 0.3 is 0 Å². The molecule has 1 aliphatic rings. The van der Waals surface area contributed by atoms with Gasteiger partial charge in [-0.1, -0.05) is 11.6 Å². The molecule has 3 rings (SSSR count). The maximum Gasteiger partial charge on any atom is 0.170 e. The summed E-state index contributed by atoms with van der Waals surface area (Å²) in [6.45, 7) is 2.58. The molecule has 1 saturated heterocycles. The minimum atomic E-state index is -0.0252. The van der Waals surface area contributed by atoms with Crippen molar-refractivity contribution >= 4 is 17.4 Å². The third kappa shape index (κ3) is 3.79. The highest BCUT2D eigenvalue weighted by molar-refractivity contribution is 6.31. The SMILES string of the molecule is COc1ccc(Cl)cc1C(=O)C1CCCN(Cc2cnn(C)c2)C1. The van der Waals surface area contributed by atoms with Crippen molar-refractivity contribution in [2.45, 2.75) is 19.4 Å². The highest BCUT2D eigenvalue weighted by Gasteiger charge is 2.28. The van der Waals surface area contributed by atoms with E-state index in [2.05, 4.69) is 10.00 Å². The highest BCUT2D eigenvalue weighted by Crippen LogP contribution is 2.29. The van der Waals surface area contributed by atoms with Gasteiger partial charge in [-0.05, 0) is 37.6 Å². The molecule has 0 N–H and O–H groups in total. The van der Waals surface area contributed by atoms with Crippen molar-refractivity contribution in [3.05, 3.63) is 46.7 Å². The van der Waals surface area contributed by atoms with E-state index < -0.39 is 0 Å². The normalized spacial score (nSPS) is 18.5. The van der Waals surface area contributed by atoms with Crippen LogP contribution in [0.5, 0.6) is 5.75 Å². The molecular weight excluding hydrogens is 326 g/mol. The lowest BCUT2D eigenvalue weighted by molar-refractivity contribution is 0.0808. The molecule has 1 aromatic heterocycles. The number of aryl methyl sites for hydroxylation is 1. The maximum absolute atomic E-state index is 13.0. The van der Waals surface area contributed by atoms with Crippen LogP contribution in [0.15, 0.2) is 30.6 Å². The lowest BCUT2D eigenvalue weighted by Gasteiger charge is -2.31. The molecule has 1 aromatic carbocycles. The number of ketones is 1. The van der Waals surface area contributed by atoms with Crippen LogP contribution in [0, 0.1) is 5.92 Å². The summed E-state index contributed by atoms with van der Waals surface area (Å²) in [7, 11) is 3.49. The van der Waals surface area contributed by atoms with E-state index in [0.29, 0.717) is 16.3 Å². The topological polar surface area (TPSA) is 47.4 Å². The van der Waals surface area contributed by atoms with Gasteiger partial charge in [0.1, 0.15) is 5.75 Å². The Morgan fingerprint density at radius 3 is 3.00 bits per heavy atom. The standard InChI is InChI=1S/C18H22ClN3O2/c1-21-10-13(9-20-21)11-22-7-3-4-14(12-22)18(23)16-8-15(19)5-6-17(16)24-2/h5-6,8-10,14H,3-4,7,11-12H2,1-2H3. The first-order valence-electron chi connectivity index (χ1n) is 8.14. The number of benzene rings is 1. The monoisotopic (exact) mass is 347 g/mol. The quantitative estimate of drug-likeness (QED) is 0.779. The van der Waals surface area contributed by atoms with E-state index in [-0.39, 0.29) is 11.7 Å². The number of likely N-dealkylation sites (tertiary alicyclic amines) is 1. The van der Waals surface area contributed by atoms with Gasteiger partial charge in [-0.3, -0.25) is 14.4 Å². The largest absolute Gasteiger partial charge is 0.496 e. The van der Waals surface area contributed by atoms with Crippen LogP contribution in [0.25, 0.3) is 0 Å². The number of ether oxygens (including phenoxy) is 1. The molecule has 0 saturated carbocycles. The number of carbonyl (C=O) groups excluding carboxylic acids is 1. The molecule has 1 aliphatic heterocycles. The number of hydrogen-bond donors (Lipinski definition) is 0. The van der Waals surface area contributed by atoms with Crippen LogP contribution in [0.1, 0.15) is 28.8 Å². The predicted octanol–water partition coefficient (Wildman–Crippen LogP) is 3.18. The number of Topliss-reactive ketones (excluding diaryl/α,β-unsaturated/α-hetero) is 1. The molecule has 2 aromatic rings. The molecule has 0 amide bonds. The number of methoxy groups -OCH3 is 1. The summed E-state index contributed by atoms with van der Waals surface area (Å²) in [5.41, 5.74) is 1.75. The molecule has 0 radical (unpaired) electrons. The first kappa shape index (κ1) is 17.0. The fraction of sp³-hybridized carbons (Fsp3) is 0.444. The number of nitrogens with zero attached hydrogens (tertiary/aromatic N) is 3. The summed E-state index contributed by atoms with van der Waals surface area (Å²) in [5.74, 6) is 0.682. The van der Waals surface area contributed by atoms with Crippen molar-refractivity contribution in [2.24, 2.45) is 13.0 Å². The van der Waals surface area contributed by atoms with E-state index in [0.717, 1.165) is 32.5 Å². The number of hydrogen-bond acceptors (Lipinski definition) is 4. The van der Waals surface area contributed by atoms with Gasteiger partial charge in [0.15, 0.2) is 5.78 Å². The average Bonchev–Trinajstić information content (AvgIpc) is 2.99. The van der Waals surface area contributed by atoms with E-state index in [1.807, 2.05) is 19.4 Å². The number of piperidine rings is 1. The summed E-state index contributed by atoms with van der Waals surface area (Å²) in [5, 5.41) is 4.77. The van der Waals surface area contributed by atoms with Crippen molar-refractivity contribution in [2.75, 3.05) is 20.2 Å². The van der Waals surface area contributed by atoms with Crippen LogP contribution < -0.4 is 4.74 Å². The summed E-state index contributed by atoms with van der Waals surface area (Å²) < 4.78 is 7.14. The molecular formula is C18H22ClN3O2. The second-order valence-electron chi connectivity index (χ2n) is 6.31. The van der Waals surface area contributed by atoms with Gasteiger partial charge in [-0.25, -0.2) is 0 Å². The van der Waals surface area contributed by atoms with Crippen LogP contribution in [-0.4, -0.2) is 40.7 Å². The minimum absolute atomic E-state index is 0.0252. The van der Waals surface area contributed by atoms with Gasteiger partial charge in [0.05, 0.1) is 18.9 Å². The zero-order chi connectivity index (χ0) is 17.1. The second kappa shape index (κ2) is 7.36. The Morgan fingerprint density at radius 2 is 2.29 bits per heavy atom.